The number of nitrogens with one attached hydrogen (secondary N) is 1. The molecule has 1 aliphatic carbocycles. The van der Waals surface area contributed by atoms with Crippen LogP contribution in [0.5, 0.6) is 11.5 Å². The first-order chi connectivity index (χ1) is 9.76. The number of benzene rings is 1. The highest BCUT2D eigenvalue weighted by Crippen LogP contribution is 2.35. The van der Waals surface area contributed by atoms with E-state index in [2.05, 4.69) is 36.5 Å². The number of ether oxygens (including phenoxy) is 2. The van der Waals surface area contributed by atoms with Gasteiger partial charge in [-0.25, -0.2) is 0 Å². The van der Waals surface area contributed by atoms with Gasteiger partial charge in [0.15, 0.2) is 0 Å². The first kappa shape index (κ1) is 13.5. The lowest BCUT2D eigenvalue weighted by Crippen LogP contribution is -2.29. The molecule has 3 rings (SSSR count). The molecule has 0 saturated carbocycles. The zero-order valence-corrected chi connectivity index (χ0v) is 12.3. The molecule has 3 heteroatoms. The quantitative estimate of drug-likeness (QED) is 0.854. The summed E-state index contributed by atoms with van der Waals surface area (Å²) in [5.74, 6) is 2.00. The highest BCUT2D eigenvalue weighted by molar-refractivity contribution is 5.48. The summed E-state index contributed by atoms with van der Waals surface area (Å²) in [7, 11) is 1.74. The van der Waals surface area contributed by atoms with Gasteiger partial charge in [0.1, 0.15) is 17.6 Å². The van der Waals surface area contributed by atoms with Crippen molar-refractivity contribution in [3.8, 4) is 11.5 Å². The highest BCUT2D eigenvalue weighted by atomic mass is 16.5. The van der Waals surface area contributed by atoms with Crippen LogP contribution in [-0.4, -0.2) is 19.3 Å². The predicted molar refractivity (Wildman–Crippen MR) is 80.4 cm³/mol. The number of hydrogen-bond acceptors (Lipinski definition) is 3. The van der Waals surface area contributed by atoms with Gasteiger partial charge in [0, 0.05) is 30.1 Å². The molecular formula is C17H23NO2. The maximum atomic E-state index is 5.84. The second-order valence-corrected chi connectivity index (χ2v) is 5.77. The minimum atomic E-state index is 0.279. The molecule has 1 aromatic carbocycles. The Labute approximate surface area is 121 Å². The molecule has 1 N–H and O–H groups in total. The van der Waals surface area contributed by atoms with Gasteiger partial charge in [-0.05, 0) is 38.3 Å². The normalized spacial score (nSPS) is 24.3. The zero-order chi connectivity index (χ0) is 13.9. The SMILES string of the molecule is COc1cc2c(cc1CNC1CC=CCC1)OC(C)C2. The molecule has 1 heterocycles. The van der Waals surface area contributed by atoms with Crippen LogP contribution in [-0.2, 0) is 13.0 Å². The molecule has 0 bridgehead atoms. The van der Waals surface area contributed by atoms with Gasteiger partial charge >= 0.3 is 0 Å². The van der Waals surface area contributed by atoms with Gasteiger partial charge < -0.3 is 14.8 Å². The lowest BCUT2D eigenvalue weighted by Gasteiger charge is -2.20. The van der Waals surface area contributed by atoms with Crippen molar-refractivity contribution >= 4 is 0 Å². The largest absolute Gasteiger partial charge is 0.496 e. The fourth-order valence-electron chi connectivity index (χ4n) is 3.04. The Morgan fingerprint density at radius 2 is 2.25 bits per heavy atom. The van der Waals surface area contributed by atoms with E-state index in [0.717, 1.165) is 30.9 Å². The lowest BCUT2D eigenvalue weighted by atomic mass is 10.0. The van der Waals surface area contributed by atoms with E-state index >= 15 is 0 Å². The maximum Gasteiger partial charge on any atom is 0.123 e. The van der Waals surface area contributed by atoms with Crippen LogP contribution in [0.1, 0.15) is 37.3 Å². The first-order valence-corrected chi connectivity index (χ1v) is 7.51. The van der Waals surface area contributed by atoms with Gasteiger partial charge in [0.05, 0.1) is 7.11 Å². The molecule has 0 aromatic heterocycles. The topological polar surface area (TPSA) is 30.5 Å². The van der Waals surface area contributed by atoms with Gasteiger partial charge in [-0.2, -0.15) is 0 Å². The van der Waals surface area contributed by atoms with E-state index in [1.54, 1.807) is 7.11 Å². The lowest BCUT2D eigenvalue weighted by molar-refractivity contribution is 0.254. The molecule has 1 aromatic rings. The van der Waals surface area contributed by atoms with E-state index in [0.29, 0.717) is 6.04 Å². The molecule has 0 spiro atoms. The van der Waals surface area contributed by atoms with E-state index in [-0.39, 0.29) is 6.10 Å². The van der Waals surface area contributed by atoms with Crippen LogP contribution >= 0.6 is 0 Å². The Balaban J connectivity index is 1.72. The molecule has 20 heavy (non-hydrogen) atoms. The number of methoxy groups -OCH3 is 1. The van der Waals surface area contributed by atoms with Crippen LogP contribution in [0, 0.1) is 0 Å². The molecular weight excluding hydrogens is 250 g/mol. The van der Waals surface area contributed by atoms with E-state index in [9.17, 15) is 0 Å². The Morgan fingerprint density at radius 1 is 1.35 bits per heavy atom. The summed E-state index contributed by atoms with van der Waals surface area (Å²) in [4.78, 5) is 0. The van der Waals surface area contributed by atoms with Crippen molar-refractivity contribution in [2.45, 2.75) is 51.3 Å². The number of rotatable bonds is 4. The minimum Gasteiger partial charge on any atom is -0.496 e. The summed E-state index contributed by atoms with van der Waals surface area (Å²) in [5, 5.41) is 3.63. The smallest absolute Gasteiger partial charge is 0.123 e. The van der Waals surface area contributed by atoms with E-state index in [4.69, 9.17) is 9.47 Å². The molecule has 108 valence electrons. The predicted octanol–water partition coefficient (Wildman–Crippen LogP) is 3.22. The van der Waals surface area contributed by atoms with Crippen molar-refractivity contribution in [3.63, 3.8) is 0 Å². The van der Waals surface area contributed by atoms with Crippen LogP contribution < -0.4 is 14.8 Å². The van der Waals surface area contributed by atoms with E-state index in [1.807, 2.05) is 0 Å². The van der Waals surface area contributed by atoms with Crippen molar-refractivity contribution in [1.29, 1.82) is 0 Å². The van der Waals surface area contributed by atoms with Crippen molar-refractivity contribution in [1.82, 2.24) is 5.32 Å². The average Bonchev–Trinajstić information content (AvgIpc) is 2.84. The number of fused-ring (bicyclic) bond motifs is 1. The van der Waals surface area contributed by atoms with Gasteiger partial charge in [-0.15, -0.1) is 0 Å². The minimum absolute atomic E-state index is 0.279. The Hall–Kier alpha value is -1.48. The molecule has 3 nitrogen and oxygen atoms in total. The van der Waals surface area contributed by atoms with Crippen LogP contribution in [0.3, 0.4) is 0 Å². The second-order valence-electron chi connectivity index (χ2n) is 5.77. The van der Waals surface area contributed by atoms with E-state index in [1.165, 1.54) is 24.0 Å². The summed E-state index contributed by atoms with van der Waals surface area (Å²) >= 11 is 0. The number of allylic oxidation sites excluding steroid dienone is 1. The standard InChI is InChI=1S/C17H23NO2/c1-12-8-13-9-16(19-2)14(10-17(13)20-12)11-18-15-6-4-3-5-7-15/h3-4,9-10,12,15,18H,5-8,11H2,1-2H3. The molecule has 0 radical (unpaired) electrons. The van der Waals surface area contributed by atoms with Crippen molar-refractivity contribution in [3.05, 3.63) is 35.4 Å². The first-order valence-electron chi connectivity index (χ1n) is 7.51. The molecule has 0 fully saturated rings. The fourth-order valence-corrected chi connectivity index (χ4v) is 3.04. The number of hydrogen-bond donors (Lipinski definition) is 1. The molecule has 0 saturated heterocycles. The summed E-state index contributed by atoms with van der Waals surface area (Å²) in [5.41, 5.74) is 2.45. The monoisotopic (exact) mass is 273 g/mol. The van der Waals surface area contributed by atoms with Gasteiger partial charge in [-0.3, -0.25) is 0 Å². The molecule has 0 amide bonds. The van der Waals surface area contributed by atoms with Gasteiger partial charge in [0.2, 0.25) is 0 Å². The third kappa shape index (κ3) is 2.83. The Kier molecular flexibility index (Phi) is 3.97. The summed E-state index contributed by atoms with van der Waals surface area (Å²) in [6.07, 6.45) is 9.32. The summed E-state index contributed by atoms with van der Waals surface area (Å²) in [6.45, 7) is 2.95. The Morgan fingerprint density at radius 3 is 3.00 bits per heavy atom. The molecule has 2 unspecified atom stereocenters. The highest BCUT2D eigenvalue weighted by Gasteiger charge is 2.22. The van der Waals surface area contributed by atoms with Crippen molar-refractivity contribution < 1.29 is 9.47 Å². The van der Waals surface area contributed by atoms with Crippen LogP contribution in [0.25, 0.3) is 0 Å². The van der Waals surface area contributed by atoms with E-state index < -0.39 is 0 Å². The maximum absolute atomic E-state index is 5.84. The van der Waals surface area contributed by atoms with Crippen molar-refractivity contribution in [2.75, 3.05) is 7.11 Å². The second kappa shape index (κ2) is 5.88. The van der Waals surface area contributed by atoms with Crippen LogP contribution in [0.15, 0.2) is 24.3 Å². The van der Waals surface area contributed by atoms with Crippen LogP contribution in [0.4, 0.5) is 0 Å². The molecule has 2 atom stereocenters. The summed E-state index contributed by atoms with van der Waals surface area (Å²) in [6, 6.07) is 4.86. The summed E-state index contributed by atoms with van der Waals surface area (Å²) < 4.78 is 11.4. The third-order valence-corrected chi connectivity index (χ3v) is 4.15. The fraction of sp³-hybridized carbons (Fsp3) is 0.529. The van der Waals surface area contributed by atoms with Gasteiger partial charge in [0.25, 0.3) is 0 Å². The van der Waals surface area contributed by atoms with Crippen molar-refractivity contribution in [2.24, 2.45) is 0 Å². The zero-order valence-electron chi connectivity index (χ0n) is 12.3. The third-order valence-electron chi connectivity index (χ3n) is 4.15. The van der Waals surface area contributed by atoms with Crippen LogP contribution in [0.2, 0.25) is 0 Å². The average molecular weight is 273 g/mol. The Bertz CT molecular complexity index is 510. The van der Waals surface area contributed by atoms with Gasteiger partial charge in [-0.1, -0.05) is 12.2 Å². The molecule has 1 aliphatic heterocycles. The molecule has 2 aliphatic rings.